The van der Waals surface area contributed by atoms with Gasteiger partial charge in [-0.15, -0.1) is 0 Å². The molecule has 0 radical (unpaired) electrons. The molecule has 0 saturated heterocycles. The molecule has 1 heterocycles. The van der Waals surface area contributed by atoms with Gasteiger partial charge in [-0.3, -0.25) is 4.79 Å². The second-order valence-electron chi connectivity index (χ2n) is 6.68. The number of hydrogen-bond acceptors (Lipinski definition) is 8. The van der Waals surface area contributed by atoms with E-state index in [2.05, 4.69) is 10.1 Å². The number of ether oxygens (including phenoxy) is 4. The zero-order valence-electron chi connectivity index (χ0n) is 18.1. The fraction of sp³-hybridized carbons (Fsp3) is 0.318. The van der Waals surface area contributed by atoms with Gasteiger partial charge < -0.3 is 28.4 Å². The minimum atomic E-state index is -0.731. The Morgan fingerprint density at radius 1 is 1.03 bits per heavy atom. The van der Waals surface area contributed by atoms with Crippen molar-refractivity contribution in [3.63, 3.8) is 0 Å². The Morgan fingerprint density at radius 3 is 2.42 bits per heavy atom. The Balaban J connectivity index is 1.68. The van der Waals surface area contributed by atoms with E-state index in [9.17, 15) is 4.79 Å². The van der Waals surface area contributed by atoms with Gasteiger partial charge in [0.05, 0.1) is 33.4 Å². The largest absolute Gasteiger partial charge is 0.497 e. The Morgan fingerprint density at radius 2 is 1.74 bits per heavy atom. The summed E-state index contributed by atoms with van der Waals surface area (Å²) in [7, 11) is 6.31. The molecule has 0 fully saturated rings. The molecule has 2 aromatic carbocycles. The topological polar surface area (TPSA) is 96.2 Å². The number of methoxy groups -OCH3 is 3. The smallest absolute Gasteiger partial charge is 0.263 e. The Labute approximate surface area is 180 Å². The summed E-state index contributed by atoms with van der Waals surface area (Å²) in [5.74, 6) is 2.65. The quantitative estimate of drug-likeness (QED) is 0.514. The summed E-state index contributed by atoms with van der Waals surface area (Å²) in [6, 6.07) is 12.4. The zero-order valence-corrected chi connectivity index (χ0v) is 18.1. The molecule has 0 unspecified atom stereocenters. The summed E-state index contributed by atoms with van der Waals surface area (Å²) in [5.41, 5.74) is 0.653. The summed E-state index contributed by atoms with van der Waals surface area (Å²) in [4.78, 5) is 18.6. The van der Waals surface area contributed by atoms with Crippen LogP contribution in [0.3, 0.4) is 0 Å². The zero-order chi connectivity index (χ0) is 22.4. The number of amides is 1. The predicted octanol–water partition coefficient (Wildman–Crippen LogP) is 3.19. The second kappa shape index (κ2) is 9.84. The Kier molecular flexibility index (Phi) is 6.96. The molecule has 0 spiro atoms. The maximum atomic E-state index is 12.7. The highest BCUT2D eigenvalue weighted by atomic mass is 16.5. The van der Waals surface area contributed by atoms with Crippen molar-refractivity contribution in [3.05, 3.63) is 48.4 Å². The van der Waals surface area contributed by atoms with Gasteiger partial charge in [0, 0.05) is 13.1 Å². The molecule has 0 aliphatic rings. The van der Waals surface area contributed by atoms with Crippen LogP contribution in [0.2, 0.25) is 0 Å². The van der Waals surface area contributed by atoms with Crippen molar-refractivity contribution in [3.8, 4) is 34.4 Å². The number of aromatic nitrogens is 2. The van der Waals surface area contributed by atoms with Crippen molar-refractivity contribution in [1.82, 2.24) is 15.0 Å². The SMILES string of the molecule is COc1ccc(-c2noc(CN(C)C(=O)[C@@H](C)Oc3ccccc3OC)n2)c(OC)c1. The predicted molar refractivity (Wildman–Crippen MR) is 112 cm³/mol. The minimum Gasteiger partial charge on any atom is -0.497 e. The molecule has 9 heteroatoms. The van der Waals surface area contributed by atoms with E-state index in [0.29, 0.717) is 34.4 Å². The van der Waals surface area contributed by atoms with E-state index in [4.69, 9.17) is 23.5 Å². The molecule has 1 atom stereocenters. The molecule has 0 aliphatic heterocycles. The third kappa shape index (κ3) is 5.06. The average Bonchev–Trinajstić information content (AvgIpc) is 3.26. The Bertz CT molecular complexity index is 1040. The maximum absolute atomic E-state index is 12.7. The van der Waals surface area contributed by atoms with Crippen molar-refractivity contribution < 1.29 is 28.3 Å². The van der Waals surface area contributed by atoms with Gasteiger partial charge in [0.1, 0.15) is 11.5 Å². The van der Waals surface area contributed by atoms with Crippen LogP contribution in [0.15, 0.2) is 47.0 Å². The van der Waals surface area contributed by atoms with Crippen molar-refractivity contribution in [2.24, 2.45) is 0 Å². The fourth-order valence-corrected chi connectivity index (χ4v) is 2.96. The standard InChI is InChI=1S/C22H25N3O6/c1-14(30-18-9-7-6-8-17(18)28-4)22(26)25(2)13-20-23-21(24-31-20)16-11-10-15(27-3)12-19(16)29-5/h6-12,14H,13H2,1-5H3/t14-/m1/s1. The molecule has 9 nitrogen and oxygen atoms in total. The summed E-state index contributed by atoms with van der Waals surface area (Å²) in [6.07, 6.45) is -0.731. The van der Waals surface area contributed by atoms with Gasteiger partial charge in [0.15, 0.2) is 17.6 Å². The van der Waals surface area contributed by atoms with Crippen LogP contribution in [-0.4, -0.2) is 55.4 Å². The number of carbonyl (C=O) groups is 1. The molecular formula is C22H25N3O6. The highest BCUT2D eigenvalue weighted by Crippen LogP contribution is 2.31. The first-order valence-electron chi connectivity index (χ1n) is 9.56. The van der Waals surface area contributed by atoms with Crippen LogP contribution in [0.1, 0.15) is 12.8 Å². The van der Waals surface area contributed by atoms with E-state index in [-0.39, 0.29) is 18.3 Å². The van der Waals surface area contributed by atoms with Gasteiger partial charge in [0.25, 0.3) is 5.91 Å². The lowest BCUT2D eigenvalue weighted by Gasteiger charge is -2.21. The van der Waals surface area contributed by atoms with Crippen LogP contribution in [0.4, 0.5) is 0 Å². The van der Waals surface area contributed by atoms with E-state index in [1.807, 2.05) is 12.1 Å². The van der Waals surface area contributed by atoms with Crippen LogP contribution in [0, 0.1) is 0 Å². The fourth-order valence-electron chi connectivity index (χ4n) is 2.96. The van der Waals surface area contributed by atoms with Gasteiger partial charge in [-0.25, -0.2) is 0 Å². The van der Waals surface area contributed by atoms with Crippen LogP contribution in [-0.2, 0) is 11.3 Å². The molecule has 0 saturated carbocycles. The van der Waals surface area contributed by atoms with E-state index in [1.165, 1.54) is 4.90 Å². The number of rotatable bonds is 9. The third-order valence-corrected chi connectivity index (χ3v) is 4.59. The number of hydrogen-bond donors (Lipinski definition) is 0. The number of nitrogens with zero attached hydrogens (tertiary/aromatic N) is 3. The monoisotopic (exact) mass is 427 g/mol. The van der Waals surface area contributed by atoms with Crippen molar-refractivity contribution in [2.75, 3.05) is 28.4 Å². The normalized spacial score (nSPS) is 11.5. The van der Waals surface area contributed by atoms with Crippen molar-refractivity contribution in [2.45, 2.75) is 19.6 Å². The molecule has 164 valence electrons. The summed E-state index contributed by atoms with van der Waals surface area (Å²) < 4.78 is 26.9. The molecule has 1 amide bonds. The Hall–Kier alpha value is -3.75. The minimum absolute atomic E-state index is 0.129. The number of para-hydroxylation sites is 2. The van der Waals surface area contributed by atoms with Gasteiger partial charge in [-0.2, -0.15) is 4.98 Å². The second-order valence-corrected chi connectivity index (χ2v) is 6.68. The molecule has 31 heavy (non-hydrogen) atoms. The van der Waals surface area contributed by atoms with Crippen LogP contribution >= 0.6 is 0 Å². The summed E-state index contributed by atoms with van der Waals surface area (Å²) in [5, 5.41) is 4.01. The van der Waals surface area contributed by atoms with E-state index < -0.39 is 6.10 Å². The molecule has 3 rings (SSSR count). The lowest BCUT2D eigenvalue weighted by atomic mass is 10.2. The first kappa shape index (κ1) is 21.9. The van der Waals surface area contributed by atoms with Crippen molar-refractivity contribution >= 4 is 5.91 Å². The van der Waals surface area contributed by atoms with Gasteiger partial charge in [-0.1, -0.05) is 17.3 Å². The van der Waals surface area contributed by atoms with E-state index in [1.54, 1.807) is 65.6 Å². The van der Waals surface area contributed by atoms with E-state index in [0.717, 1.165) is 0 Å². The van der Waals surface area contributed by atoms with Gasteiger partial charge in [-0.05, 0) is 31.2 Å². The van der Waals surface area contributed by atoms with Crippen LogP contribution in [0.25, 0.3) is 11.4 Å². The average molecular weight is 427 g/mol. The van der Waals surface area contributed by atoms with Crippen molar-refractivity contribution in [1.29, 1.82) is 0 Å². The first-order chi connectivity index (χ1) is 15.0. The van der Waals surface area contributed by atoms with Crippen LogP contribution in [0.5, 0.6) is 23.0 Å². The lowest BCUT2D eigenvalue weighted by molar-refractivity contribution is -0.137. The number of benzene rings is 2. The number of carbonyl (C=O) groups excluding carboxylic acids is 1. The molecule has 0 N–H and O–H groups in total. The van der Waals surface area contributed by atoms with Gasteiger partial charge >= 0.3 is 0 Å². The lowest BCUT2D eigenvalue weighted by Crippen LogP contribution is -2.37. The van der Waals surface area contributed by atoms with Gasteiger partial charge in [0.2, 0.25) is 11.7 Å². The molecule has 3 aromatic rings. The molecule has 0 aliphatic carbocycles. The maximum Gasteiger partial charge on any atom is 0.263 e. The highest BCUT2D eigenvalue weighted by Gasteiger charge is 2.23. The summed E-state index contributed by atoms with van der Waals surface area (Å²) >= 11 is 0. The highest BCUT2D eigenvalue weighted by molar-refractivity contribution is 5.80. The summed E-state index contributed by atoms with van der Waals surface area (Å²) in [6.45, 7) is 1.80. The molecule has 0 bridgehead atoms. The van der Waals surface area contributed by atoms with E-state index >= 15 is 0 Å². The molecule has 1 aromatic heterocycles. The number of likely N-dealkylation sites (N-methyl/N-ethyl adjacent to an activating group) is 1. The molecular weight excluding hydrogens is 402 g/mol. The third-order valence-electron chi connectivity index (χ3n) is 4.59. The van der Waals surface area contributed by atoms with Crippen LogP contribution < -0.4 is 18.9 Å². The first-order valence-corrected chi connectivity index (χ1v) is 9.56.